The van der Waals surface area contributed by atoms with E-state index in [0.29, 0.717) is 16.3 Å². The highest BCUT2D eigenvalue weighted by atomic mass is 35.5. The predicted molar refractivity (Wildman–Crippen MR) is 79.7 cm³/mol. The van der Waals surface area contributed by atoms with Gasteiger partial charge in [0.1, 0.15) is 0 Å². The van der Waals surface area contributed by atoms with Gasteiger partial charge < -0.3 is 5.73 Å². The first-order valence-corrected chi connectivity index (χ1v) is 7.54. The van der Waals surface area contributed by atoms with Gasteiger partial charge in [-0.1, -0.05) is 23.4 Å². The summed E-state index contributed by atoms with van der Waals surface area (Å²) in [6.07, 6.45) is 0. The van der Waals surface area contributed by atoms with Crippen molar-refractivity contribution < 1.29 is 8.42 Å². The van der Waals surface area contributed by atoms with Gasteiger partial charge in [-0.2, -0.15) is 0 Å². The standard InChI is InChI=1S/C13H17ClN2O2S/c1-13(2,3)19(17,18)16-12-9-11(14)7-6-10(12)5-4-8-15/h6-7,9,16H,8,15H2,1-3H3. The first-order chi connectivity index (χ1) is 8.67. The highest BCUT2D eigenvalue weighted by molar-refractivity contribution is 7.94. The van der Waals surface area contributed by atoms with Crippen molar-refractivity contribution in [3.05, 3.63) is 28.8 Å². The zero-order valence-electron chi connectivity index (χ0n) is 11.1. The van der Waals surface area contributed by atoms with Gasteiger partial charge in [0, 0.05) is 10.6 Å². The minimum Gasteiger partial charge on any atom is -0.320 e. The van der Waals surface area contributed by atoms with Gasteiger partial charge in [0.15, 0.2) is 0 Å². The Morgan fingerprint density at radius 2 is 2.00 bits per heavy atom. The molecule has 19 heavy (non-hydrogen) atoms. The molecule has 0 unspecified atom stereocenters. The highest BCUT2D eigenvalue weighted by Gasteiger charge is 2.29. The second-order valence-electron chi connectivity index (χ2n) is 4.91. The summed E-state index contributed by atoms with van der Waals surface area (Å²) in [6.45, 7) is 5.05. The Labute approximate surface area is 119 Å². The van der Waals surface area contributed by atoms with Crippen LogP contribution >= 0.6 is 11.6 Å². The predicted octanol–water partition coefficient (Wildman–Crippen LogP) is 2.19. The molecule has 0 amide bonds. The van der Waals surface area contributed by atoms with Gasteiger partial charge >= 0.3 is 0 Å². The Morgan fingerprint density at radius 3 is 2.53 bits per heavy atom. The van der Waals surface area contributed by atoms with Gasteiger partial charge in [0.25, 0.3) is 0 Å². The van der Waals surface area contributed by atoms with Crippen LogP contribution in [0.2, 0.25) is 5.02 Å². The number of sulfonamides is 1. The molecule has 1 aromatic rings. The van der Waals surface area contributed by atoms with Gasteiger partial charge in [-0.25, -0.2) is 8.42 Å². The molecule has 0 saturated carbocycles. The number of anilines is 1. The van der Waals surface area contributed by atoms with Crippen LogP contribution in [0.1, 0.15) is 26.3 Å². The topological polar surface area (TPSA) is 72.2 Å². The number of nitrogens with two attached hydrogens (primary N) is 1. The molecule has 0 aromatic heterocycles. The van der Waals surface area contributed by atoms with E-state index >= 15 is 0 Å². The lowest BCUT2D eigenvalue weighted by Gasteiger charge is -2.21. The minimum atomic E-state index is -3.52. The first-order valence-electron chi connectivity index (χ1n) is 5.68. The number of benzene rings is 1. The molecule has 4 nitrogen and oxygen atoms in total. The van der Waals surface area contributed by atoms with Crippen LogP contribution in [0.3, 0.4) is 0 Å². The molecule has 3 N–H and O–H groups in total. The summed E-state index contributed by atoms with van der Waals surface area (Å²) in [5.74, 6) is 5.50. The monoisotopic (exact) mass is 300 g/mol. The van der Waals surface area contributed by atoms with E-state index in [9.17, 15) is 8.42 Å². The molecule has 6 heteroatoms. The van der Waals surface area contributed by atoms with E-state index in [1.807, 2.05) is 0 Å². The Bertz CT molecular complexity index is 622. The van der Waals surface area contributed by atoms with Crippen LogP contribution in [-0.4, -0.2) is 19.7 Å². The molecule has 0 aliphatic heterocycles. The molecule has 0 spiro atoms. The van der Waals surface area contributed by atoms with E-state index in [2.05, 4.69) is 16.6 Å². The third-order valence-corrected chi connectivity index (χ3v) is 4.69. The van der Waals surface area contributed by atoms with Crippen molar-refractivity contribution in [2.24, 2.45) is 5.73 Å². The Hall–Kier alpha value is -1.22. The molecule has 0 aliphatic rings. The molecular weight excluding hydrogens is 284 g/mol. The van der Waals surface area contributed by atoms with Crippen molar-refractivity contribution in [3.63, 3.8) is 0 Å². The average molecular weight is 301 g/mol. The Balaban J connectivity index is 3.24. The summed E-state index contributed by atoms with van der Waals surface area (Å²) in [6, 6.07) is 4.84. The molecule has 0 fully saturated rings. The van der Waals surface area contributed by atoms with E-state index in [-0.39, 0.29) is 6.54 Å². The molecular formula is C13H17ClN2O2S. The van der Waals surface area contributed by atoms with Crippen LogP contribution in [0.25, 0.3) is 0 Å². The largest absolute Gasteiger partial charge is 0.320 e. The third kappa shape index (κ3) is 4.13. The fourth-order valence-corrected chi connectivity index (χ4v) is 2.09. The number of hydrogen-bond donors (Lipinski definition) is 2. The summed E-state index contributed by atoms with van der Waals surface area (Å²) in [5.41, 5.74) is 6.22. The average Bonchev–Trinajstić information content (AvgIpc) is 2.26. The Kier molecular flexibility index (Phi) is 4.86. The summed E-state index contributed by atoms with van der Waals surface area (Å²) in [5, 5.41) is 0.435. The van der Waals surface area contributed by atoms with Crippen molar-refractivity contribution in [1.82, 2.24) is 0 Å². The van der Waals surface area contributed by atoms with Crippen molar-refractivity contribution in [1.29, 1.82) is 0 Å². The van der Waals surface area contributed by atoms with E-state index in [1.54, 1.807) is 32.9 Å². The molecule has 0 saturated heterocycles. The maximum Gasteiger partial charge on any atom is 0.237 e. The van der Waals surface area contributed by atoms with Crippen LogP contribution < -0.4 is 10.5 Å². The molecule has 0 atom stereocenters. The Morgan fingerprint density at radius 1 is 1.37 bits per heavy atom. The van der Waals surface area contributed by atoms with Crippen LogP contribution in [0.4, 0.5) is 5.69 Å². The molecule has 0 bridgehead atoms. The van der Waals surface area contributed by atoms with Crippen molar-refractivity contribution in [2.45, 2.75) is 25.5 Å². The quantitative estimate of drug-likeness (QED) is 0.822. The van der Waals surface area contributed by atoms with E-state index < -0.39 is 14.8 Å². The fraction of sp³-hybridized carbons (Fsp3) is 0.385. The molecule has 1 aromatic carbocycles. The summed E-state index contributed by atoms with van der Waals surface area (Å²) < 4.78 is 25.9. The third-order valence-electron chi connectivity index (χ3n) is 2.36. The van der Waals surface area contributed by atoms with Crippen molar-refractivity contribution in [2.75, 3.05) is 11.3 Å². The summed E-state index contributed by atoms with van der Waals surface area (Å²) >= 11 is 5.89. The van der Waals surface area contributed by atoms with Crippen LogP contribution in [0.5, 0.6) is 0 Å². The van der Waals surface area contributed by atoms with Crippen LogP contribution in [0, 0.1) is 11.8 Å². The maximum absolute atomic E-state index is 12.1. The first kappa shape index (κ1) is 15.8. The second-order valence-corrected chi connectivity index (χ2v) is 7.79. The van der Waals surface area contributed by atoms with Crippen LogP contribution in [-0.2, 0) is 10.0 Å². The number of nitrogens with one attached hydrogen (secondary N) is 1. The minimum absolute atomic E-state index is 0.202. The van der Waals surface area contributed by atoms with E-state index in [0.717, 1.165) is 0 Å². The lowest BCUT2D eigenvalue weighted by atomic mass is 10.2. The lowest BCUT2D eigenvalue weighted by molar-refractivity contribution is 0.566. The van der Waals surface area contributed by atoms with Gasteiger partial charge in [0.2, 0.25) is 10.0 Å². The highest BCUT2D eigenvalue weighted by Crippen LogP contribution is 2.25. The lowest BCUT2D eigenvalue weighted by Crippen LogP contribution is -2.33. The molecule has 1 rings (SSSR count). The SMILES string of the molecule is CC(C)(C)S(=O)(=O)Nc1cc(Cl)ccc1C#CCN. The number of halogens is 1. The van der Waals surface area contributed by atoms with E-state index in [1.165, 1.54) is 6.07 Å². The van der Waals surface area contributed by atoms with Gasteiger partial charge in [-0.3, -0.25) is 4.72 Å². The van der Waals surface area contributed by atoms with Crippen molar-refractivity contribution in [3.8, 4) is 11.8 Å². The van der Waals surface area contributed by atoms with Crippen LogP contribution in [0.15, 0.2) is 18.2 Å². The zero-order chi connectivity index (χ0) is 14.7. The number of rotatable bonds is 2. The molecule has 0 aliphatic carbocycles. The fourth-order valence-electron chi connectivity index (χ4n) is 1.15. The maximum atomic E-state index is 12.1. The summed E-state index contributed by atoms with van der Waals surface area (Å²) in [4.78, 5) is 0. The van der Waals surface area contributed by atoms with Gasteiger partial charge in [-0.15, -0.1) is 0 Å². The van der Waals surface area contributed by atoms with Gasteiger partial charge in [0.05, 0.1) is 17.0 Å². The normalized spacial score (nSPS) is 11.6. The van der Waals surface area contributed by atoms with E-state index in [4.69, 9.17) is 17.3 Å². The smallest absolute Gasteiger partial charge is 0.237 e. The molecule has 104 valence electrons. The summed E-state index contributed by atoms with van der Waals surface area (Å²) in [7, 11) is -3.52. The van der Waals surface area contributed by atoms with Gasteiger partial charge in [-0.05, 0) is 39.0 Å². The number of hydrogen-bond acceptors (Lipinski definition) is 3. The van der Waals surface area contributed by atoms with Crippen molar-refractivity contribution >= 4 is 27.3 Å². The second kappa shape index (κ2) is 5.83. The molecule has 0 radical (unpaired) electrons. The molecule has 0 heterocycles. The zero-order valence-corrected chi connectivity index (χ0v) is 12.7.